The molecule has 2 aliphatic rings. The van der Waals surface area contributed by atoms with E-state index in [9.17, 15) is 9.59 Å². The molecule has 2 atom stereocenters. The average molecular weight is 297 g/mol. The molecule has 0 spiro atoms. The SMILES string of the molecule is COCC(=O)N1CCN(C(=O)C2CCCCC2CN)CC1. The van der Waals surface area contributed by atoms with Crippen molar-refractivity contribution in [1.29, 1.82) is 0 Å². The zero-order chi connectivity index (χ0) is 15.2. The maximum atomic E-state index is 12.7. The lowest BCUT2D eigenvalue weighted by atomic mass is 9.78. The minimum absolute atomic E-state index is 0.00194. The Bertz CT molecular complexity index is 367. The van der Waals surface area contributed by atoms with E-state index in [1.807, 2.05) is 4.90 Å². The average Bonchev–Trinajstić information content (AvgIpc) is 2.54. The highest BCUT2D eigenvalue weighted by Gasteiger charge is 2.34. The van der Waals surface area contributed by atoms with Gasteiger partial charge in [-0.3, -0.25) is 9.59 Å². The number of methoxy groups -OCH3 is 1. The van der Waals surface area contributed by atoms with Gasteiger partial charge in [-0.2, -0.15) is 0 Å². The van der Waals surface area contributed by atoms with E-state index in [1.54, 1.807) is 4.90 Å². The molecule has 2 N–H and O–H groups in total. The van der Waals surface area contributed by atoms with Gasteiger partial charge in [0.05, 0.1) is 0 Å². The molecule has 1 heterocycles. The molecule has 2 rings (SSSR count). The second-order valence-electron chi connectivity index (χ2n) is 6.03. The van der Waals surface area contributed by atoms with Crippen molar-refractivity contribution in [1.82, 2.24) is 9.80 Å². The number of ether oxygens (including phenoxy) is 1. The van der Waals surface area contributed by atoms with E-state index in [0.717, 1.165) is 19.3 Å². The Morgan fingerprint density at radius 3 is 2.33 bits per heavy atom. The van der Waals surface area contributed by atoms with Crippen LogP contribution in [0.1, 0.15) is 25.7 Å². The predicted molar refractivity (Wildman–Crippen MR) is 79.5 cm³/mol. The Morgan fingerprint density at radius 2 is 1.71 bits per heavy atom. The Hall–Kier alpha value is -1.14. The van der Waals surface area contributed by atoms with Gasteiger partial charge in [-0.1, -0.05) is 12.8 Å². The minimum Gasteiger partial charge on any atom is -0.375 e. The number of carbonyl (C=O) groups is 2. The molecule has 6 nitrogen and oxygen atoms in total. The van der Waals surface area contributed by atoms with Crippen molar-refractivity contribution < 1.29 is 14.3 Å². The van der Waals surface area contributed by atoms with Crippen LogP contribution in [0.5, 0.6) is 0 Å². The molecule has 1 aliphatic carbocycles. The standard InChI is InChI=1S/C15H27N3O3/c1-21-11-14(19)17-6-8-18(9-7-17)15(20)13-5-3-2-4-12(13)10-16/h12-13H,2-11,16H2,1H3. The fraction of sp³-hybridized carbons (Fsp3) is 0.867. The number of piperazine rings is 1. The summed E-state index contributed by atoms with van der Waals surface area (Å²) in [7, 11) is 1.52. The first-order valence-corrected chi connectivity index (χ1v) is 7.93. The molecule has 2 amide bonds. The number of rotatable bonds is 4. The molecule has 1 saturated carbocycles. The van der Waals surface area contributed by atoms with Gasteiger partial charge in [0.15, 0.2) is 0 Å². The van der Waals surface area contributed by atoms with Gasteiger partial charge in [-0.05, 0) is 25.3 Å². The van der Waals surface area contributed by atoms with Gasteiger partial charge in [0, 0.05) is 39.2 Å². The van der Waals surface area contributed by atoms with Gasteiger partial charge in [-0.15, -0.1) is 0 Å². The van der Waals surface area contributed by atoms with E-state index < -0.39 is 0 Å². The zero-order valence-corrected chi connectivity index (χ0v) is 12.9. The molecule has 0 bridgehead atoms. The number of nitrogens with zero attached hydrogens (tertiary/aromatic N) is 2. The Kier molecular flexibility index (Phi) is 5.99. The van der Waals surface area contributed by atoms with Crippen molar-refractivity contribution in [3.63, 3.8) is 0 Å². The minimum atomic E-state index is 0.00194. The molecule has 1 saturated heterocycles. The van der Waals surface area contributed by atoms with Gasteiger partial charge < -0.3 is 20.3 Å². The summed E-state index contributed by atoms with van der Waals surface area (Å²) in [6.45, 7) is 3.18. The summed E-state index contributed by atoms with van der Waals surface area (Å²) in [5, 5.41) is 0. The molecule has 120 valence electrons. The van der Waals surface area contributed by atoms with Gasteiger partial charge in [-0.25, -0.2) is 0 Å². The summed E-state index contributed by atoms with van der Waals surface area (Å²) in [5.74, 6) is 0.662. The number of hydrogen-bond acceptors (Lipinski definition) is 4. The van der Waals surface area contributed by atoms with E-state index in [1.165, 1.54) is 13.5 Å². The summed E-state index contributed by atoms with van der Waals surface area (Å²) >= 11 is 0. The zero-order valence-electron chi connectivity index (χ0n) is 12.9. The lowest BCUT2D eigenvalue weighted by Crippen LogP contribution is -2.53. The highest BCUT2D eigenvalue weighted by molar-refractivity contribution is 5.80. The summed E-state index contributed by atoms with van der Waals surface area (Å²) < 4.78 is 4.87. The first-order chi connectivity index (χ1) is 10.2. The summed E-state index contributed by atoms with van der Waals surface area (Å²) in [6, 6.07) is 0. The first kappa shape index (κ1) is 16.2. The molecule has 21 heavy (non-hydrogen) atoms. The smallest absolute Gasteiger partial charge is 0.248 e. The van der Waals surface area contributed by atoms with Crippen LogP contribution in [0.25, 0.3) is 0 Å². The predicted octanol–water partition coefficient (Wildman–Crippen LogP) is 0.0687. The van der Waals surface area contributed by atoms with Crippen molar-refractivity contribution >= 4 is 11.8 Å². The van der Waals surface area contributed by atoms with E-state index in [4.69, 9.17) is 10.5 Å². The Morgan fingerprint density at radius 1 is 1.10 bits per heavy atom. The van der Waals surface area contributed by atoms with E-state index >= 15 is 0 Å². The fourth-order valence-corrected chi connectivity index (χ4v) is 3.44. The van der Waals surface area contributed by atoms with Crippen LogP contribution in [0, 0.1) is 11.8 Å². The van der Waals surface area contributed by atoms with Gasteiger partial charge in [0.1, 0.15) is 6.61 Å². The maximum absolute atomic E-state index is 12.7. The molecule has 0 aromatic heterocycles. The second-order valence-corrected chi connectivity index (χ2v) is 6.03. The third-order valence-corrected chi connectivity index (χ3v) is 4.74. The van der Waals surface area contributed by atoms with Crippen molar-refractivity contribution in [3.05, 3.63) is 0 Å². The number of carbonyl (C=O) groups excluding carboxylic acids is 2. The number of amides is 2. The lowest BCUT2D eigenvalue weighted by molar-refractivity contribution is -0.145. The number of nitrogens with two attached hydrogens (primary N) is 1. The van der Waals surface area contributed by atoms with E-state index in [0.29, 0.717) is 38.6 Å². The molecular weight excluding hydrogens is 270 g/mol. The lowest BCUT2D eigenvalue weighted by Gasteiger charge is -2.39. The van der Waals surface area contributed by atoms with Crippen LogP contribution >= 0.6 is 0 Å². The molecule has 0 radical (unpaired) electrons. The van der Waals surface area contributed by atoms with Gasteiger partial charge in [0.2, 0.25) is 11.8 Å². The van der Waals surface area contributed by atoms with Crippen LogP contribution < -0.4 is 5.73 Å². The Labute approximate surface area is 126 Å². The monoisotopic (exact) mass is 297 g/mol. The molecule has 0 aromatic carbocycles. The third-order valence-electron chi connectivity index (χ3n) is 4.74. The maximum Gasteiger partial charge on any atom is 0.248 e. The molecule has 0 aromatic rings. The van der Waals surface area contributed by atoms with Crippen molar-refractivity contribution in [2.24, 2.45) is 17.6 Å². The van der Waals surface area contributed by atoms with Crippen LogP contribution in [0.2, 0.25) is 0 Å². The van der Waals surface area contributed by atoms with Crippen LogP contribution in [0.3, 0.4) is 0 Å². The molecule has 1 aliphatic heterocycles. The van der Waals surface area contributed by atoms with Gasteiger partial charge in [0.25, 0.3) is 0 Å². The summed E-state index contributed by atoms with van der Waals surface area (Å²) in [5.41, 5.74) is 5.82. The van der Waals surface area contributed by atoms with Crippen LogP contribution in [0.15, 0.2) is 0 Å². The Balaban J connectivity index is 1.86. The first-order valence-electron chi connectivity index (χ1n) is 7.93. The summed E-state index contributed by atoms with van der Waals surface area (Å²) in [6.07, 6.45) is 4.34. The molecule has 2 unspecified atom stereocenters. The van der Waals surface area contributed by atoms with Crippen molar-refractivity contribution in [3.8, 4) is 0 Å². The summed E-state index contributed by atoms with van der Waals surface area (Å²) in [4.78, 5) is 28.1. The van der Waals surface area contributed by atoms with Crippen molar-refractivity contribution in [2.75, 3.05) is 46.4 Å². The quantitative estimate of drug-likeness (QED) is 0.796. The van der Waals surface area contributed by atoms with E-state index in [-0.39, 0.29) is 24.3 Å². The fourth-order valence-electron chi connectivity index (χ4n) is 3.44. The molecule has 2 fully saturated rings. The normalized spacial score (nSPS) is 26.8. The van der Waals surface area contributed by atoms with Crippen LogP contribution in [0.4, 0.5) is 0 Å². The highest BCUT2D eigenvalue weighted by Crippen LogP contribution is 2.31. The van der Waals surface area contributed by atoms with E-state index in [2.05, 4.69) is 0 Å². The van der Waals surface area contributed by atoms with Gasteiger partial charge >= 0.3 is 0 Å². The highest BCUT2D eigenvalue weighted by atomic mass is 16.5. The molecule has 6 heteroatoms. The molecular formula is C15H27N3O3. The topological polar surface area (TPSA) is 75.9 Å². The largest absolute Gasteiger partial charge is 0.375 e. The van der Waals surface area contributed by atoms with Crippen LogP contribution in [-0.2, 0) is 14.3 Å². The third kappa shape index (κ3) is 3.95. The second kappa shape index (κ2) is 7.75. The van der Waals surface area contributed by atoms with Crippen LogP contribution in [-0.4, -0.2) is 68.1 Å². The van der Waals surface area contributed by atoms with Crippen molar-refractivity contribution in [2.45, 2.75) is 25.7 Å². The number of hydrogen-bond donors (Lipinski definition) is 1.